The van der Waals surface area contributed by atoms with Gasteiger partial charge in [-0.15, -0.1) is 0 Å². The van der Waals surface area contributed by atoms with E-state index in [1.807, 2.05) is 19.9 Å². The molecule has 6 heteroatoms. The van der Waals surface area contributed by atoms with Crippen LogP contribution in [0.1, 0.15) is 12.5 Å². The van der Waals surface area contributed by atoms with Crippen molar-refractivity contribution in [3.8, 4) is 0 Å². The van der Waals surface area contributed by atoms with Gasteiger partial charge in [-0.25, -0.2) is 9.37 Å². The van der Waals surface area contributed by atoms with Gasteiger partial charge < -0.3 is 10.6 Å². The van der Waals surface area contributed by atoms with Gasteiger partial charge in [-0.05, 0) is 25.5 Å². The lowest BCUT2D eigenvalue weighted by atomic mass is 10.2. The minimum Gasteiger partial charge on any atom is -0.354 e. The number of nitrogens with one attached hydrogen (secondary N) is 2. The number of para-hydroxylation sites is 1. The Hall–Kier alpha value is -1.88. The first-order chi connectivity index (χ1) is 9.11. The molecule has 0 aliphatic heterocycles. The van der Waals surface area contributed by atoms with E-state index in [1.165, 1.54) is 12.3 Å². The highest BCUT2D eigenvalue weighted by atomic mass is 35.5. The summed E-state index contributed by atoms with van der Waals surface area (Å²) in [5.41, 5.74) is 1.14. The molecule has 100 valence electrons. The molecule has 2 rings (SSSR count). The zero-order valence-corrected chi connectivity index (χ0v) is 11.4. The summed E-state index contributed by atoms with van der Waals surface area (Å²) in [6.07, 6.45) is 1.48. The Morgan fingerprint density at radius 1 is 1.37 bits per heavy atom. The van der Waals surface area contributed by atoms with Gasteiger partial charge in [0.15, 0.2) is 5.82 Å². The van der Waals surface area contributed by atoms with Crippen LogP contribution in [0.25, 0.3) is 0 Å². The number of anilines is 3. The average Bonchev–Trinajstić information content (AvgIpc) is 2.38. The summed E-state index contributed by atoms with van der Waals surface area (Å²) >= 11 is 6.01. The van der Waals surface area contributed by atoms with E-state index < -0.39 is 0 Å². The largest absolute Gasteiger partial charge is 0.354 e. The molecule has 0 amide bonds. The van der Waals surface area contributed by atoms with Crippen LogP contribution in [0.5, 0.6) is 0 Å². The minimum absolute atomic E-state index is 0.337. The molecule has 0 fully saturated rings. The van der Waals surface area contributed by atoms with Crippen molar-refractivity contribution in [2.45, 2.75) is 13.8 Å². The van der Waals surface area contributed by atoms with E-state index >= 15 is 0 Å². The van der Waals surface area contributed by atoms with E-state index in [-0.39, 0.29) is 5.82 Å². The van der Waals surface area contributed by atoms with Gasteiger partial charge in [0.05, 0.1) is 11.9 Å². The van der Waals surface area contributed by atoms with E-state index in [9.17, 15) is 4.39 Å². The number of rotatable bonds is 4. The van der Waals surface area contributed by atoms with Crippen LogP contribution in [0.2, 0.25) is 5.02 Å². The molecule has 0 bridgehead atoms. The Morgan fingerprint density at radius 3 is 2.84 bits per heavy atom. The van der Waals surface area contributed by atoms with Gasteiger partial charge >= 0.3 is 0 Å². The van der Waals surface area contributed by atoms with Crippen molar-refractivity contribution >= 4 is 29.1 Å². The van der Waals surface area contributed by atoms with Crippen LogP contribution in [0, 0.1) is 12.7 Å². The highest BCUT2D eigenvalue weighted by Gasteiger charge is 2.10. The number of aromatic nitrogens is 2. The van der Waals surface area contributed by atoms with Crippen molar-refractivity contribution in [1.29, 1.82) is 0 Å². The molecular weight excluding hydrogens is 267 g/mol. The summed E-state index contributed by atoms with van der Waals surface area (Å²) in [5, 5.41) is 6.22. The maximum Gasteiger partial charge on any atom is 0.224 e. The molecule has 19 heavy (non-hydrogen) atoms. The third kappa shape index (κ3) is 3.12. The van der Waals surface area contributed by atoms with Crippen LogP contribution in [-0.4, -0.2) is 16.5 Å². The Bertz CT molecular complexity index is 569. The van der Waals surface area contributed by atoms with Crippen LogP contribution in [-0.2, 0) is 0 Å². The lowest BCUT2D eigenvalue weighted by Gasteiger charge is -2.12. The molecule has 0 saturated heterocycles. The smallest absolute Gasteiger partial charge is 0.224 e. The normalized spacial score (nSPS) is 10.3. The number of aryl methyl sites for hydroxylation is 1. The van der Waals surface area contributed by atoms with Crippen molar-refractivity contribution in [3.05, 3.63) is 40.8 Å². The Kier molecular flexibility index (Phi) is 4.16. The molecular formula is C13H14ClFN4. The van der Waals surface area contributed by atoms with E-state index in [0.717, 1.165) is 5.56 Å². The second-order valence-electron chi connectivity index (χ2n) is 3.98. The van der Waals surface area contributed by atoms with Crippen LogP contribution in [0.15, 0.2) is 24.4 Å². The van der Waals surface area contributed by atoms with Gasteiger partial charge in [-0.1, -0.05) is 23.7 Å². The van der Waals surface area contributed by atoms with Gasteiger partial charge in [-0.2, -0.15) is 4.98 Å². The summed E-state index contributed by atoms with van der Waals surface area (Å²) in [6, 6.07) is 4.85. The maximum absolute atomic E-state index is 13.8. The van der Waals surface area contributed by atoms with E-state index in [0.29, 0.717) is 29.0 Å². The van der Waals surface area contributed by atoms with Crippen LogP contribution >= 0.6 is 11.6 Å². The molecule has 0 aliphatic carbocycles. The van der Waals surface area contributed by atoms with E-state index in [1.54, 1.807) is 6.07 Å². The number of hydrogen-bond acceptors (Lipinski definition) is 4. The monoisotopic (exact) mass is 280 g/mol. The lowest BCUT2D eigenvalue weighted by Crippen LogP contribution is -2.05. The molecule has 4 nitrogen and oxygen atoms in total. The fourth-order valence-corrected chi connectivity index (χ4v) is 1.75. The fourth-order valence-electron chi connectivity index (χ4n) is 1.61. The standard InChI is InChI=1S/C13H14ClFN4/c1-3-16-13-17-7-9(14)12(19-13)18-11-8(2)5-4-6-10(11)15/h4-7H,3H2,1-2H3,(H2,16,17,18,19). The zero-order chi connectivity index (χ0) is 13.8. The second-order valence-corrected chi connectivity index (χ2v) is 4.38. The predicted molar refractivity (Wildman–Crippen MR) is 75.6 cm³/mol. The molecule has 0 atom stereocenters. The summed E-state index contributed by atoms with van der Waals surface area (Å²) in [6.45, 7) is 4.44. The first kappa shape index (κ1) is 13.5. The molecule has 1 aromatic carbocycles. The maximum atomic E-state index is 13.8. The van der Waals surface area contributed by atoms with Crippen LogP contribution in [0.3, 0.4) is 0 Å². The molecule has 0 aliphatic rings. The van der Waals surface area contributed by atoms with Crippen molar-refractivity contribution in [2.75, 3.05) is 17.2 Å². The highest BCUT2D eigenvalue weighted by Crippen LogP contribution is 2.27. The minimum atomic E-state index is -0.348. The van der Waals surface area contributed by atoms with Crippen molar-refractivity contribution < 1.29 is 4.39 Å². The molecule has 0 spiro atoms. The fraction of sp³-hybridized carbons (Fsp3) is 0.231. The highest BCUT2D eigenvalue weighted by molar-refractivity contribution is 6.32. The molecule has 0 saturated carbocycles. The number of hydrogen-bond donors (Lipinski definition) is 2. The quantitative estimate of drug-likeness (QED) is 0.895. The molecule has 2 aromatic rings. The lowest BCUT2D eigenvalue weighted by molar-refractivity contribution is 0.631. The van der Waals surface area contributed by atoms with Gasteiger partial charge in [0, 0.05) is 6.54 Å². The number of halogens is 2. The number of nitrogens with zero attached hydrogens (tertiary/aromatic N) is 2. The Balaban J connectivity index is 2.35. The number of benzene rings is 1. The Labute approximate surface area is 116 Å². The van der Waals surface area contributed by atoms with Crippen LogP contribution < -0.4 is 10.6 Å². The van der Waals surface area contributed by atoms with E-state index in [4.69, 9.17) is 11.6 Å². The summed E-state index contributed by atoms with van der Waals surface area (Å²) in [4.78, 5) is 8.23. The van der Waals surface area contributed by atoms with Gasteiger partial charge in [0.2, 0.25) is 5.95 Å². The zero-order valence-electron chi connectivity index (χ0n) is 10.7. The van der Waals surface area contributed by atoms with Crippen molar-refractivity contribution in [2.24, 2.45) is 0 Å². The third-order valence-electron chi connectivity index (χ3n) is 2.54. The average molecular weight is 281 g/mol. The first-order valence-corrected chi connectivity index (χ1v) is 6.28. The van der Waals surface area contributed by atoms with Gasteiger partial charge in [-0.3, -0.25) is 0 Å². The van der Waals surface area contributed by atoms with Crippen LogP contribution in [0.4, 0.5) is 21.8 Å². The van der Waals surface area contributed by atoms with Crippen molar-refractivity contribution in [1.82, 2.24) is 9.97 Å². The SMILES string of the molecule is CCNc1ncc(Cl)c(Nc2c(C)cccc2F)n1. The second kappa shape index (κ2) is 5.84. The Morgan fingerprint density at radius 2 is 2.16 bits per heavy atom. The van der Waals surface area contributed by atoms with Crippen molar-refractivity contribution in [3.63, 3.8) is 0 Å². The first-order valence-electron chi connectivity index (χ1n) is 5.90. The third-order valence-corrected chi connectivity index (χ3v) is 2.82. The van der Waals surface area contributed by atoms with Gasteiger partial charge in [0.25, 0.3) is 0 Å². The van der Waals surface area contributed by atoms with Gasteiger partial charge in [0.1, 0.15) is 10.8 Å². The summed E-state index contributed by atoms with van der Waals surface area (Å²) in [7, 11) is 0. The topological polar surface area (TPSA) is 49.8 Å². The molecule has 0 unspecified atom stereocenters. The van der Waals surface area contributed by atoms with E-state index in [2.05, 4.69) is 20.6 Å². The molecule has 1 aromatic heterocycles. The molecule has 1 heterocycles. The summed E-state index contributed by atoms with van der Waals surface area (Å²) < 4.78 is 13.8. The molecule has 2 N–H and O–H groups in total. The summed E-state index contributed by atoms with van der Waals surface area (Å²) in [5.74, 6) is 0.476. The molecule has 0 radical (unpaired) electrons. The predicted octanol–water partition coefficient (Wildman–Crippen LogP) is 3.75.